The van der Waals surface area contributed by atoms with Gasteiger partial charge in [-0.1, -0.05) is 48.0 Å². The number of nitrogens with zero attached hydrogens (tertiary/aromatic N) is 2. The van der Waals surface area contributed by atoms with E-state index in [9.17, 15) is 26.4 Å². The van der Waals surface area contributed by atoms with Crippen molar-refractivity contribution in [2.24, 2.45) is 0 Å². The van der Waals surface area contributed by atoms with Gasteiger partial charge in [-0.15, -0.1) is 0 Å². The molecule has 0 saturated heterocycles. The van der Waals surface area contributed by atoms with E-state index in [2.05, 4.69) is 4.98 Å². The summed E-state index contributed by atoms with van der Waals surface area (Å²) in [5.41, 5.74) is 3.82. The van der Waals surface area contributed by atoms with E-state index in [4.69, 9.17) is 0 Å². The van der Waals surface area contributed by atoms with E-state index in [1.807, 2.05) is 37.4 Å². The second-order valence-electron chi connectivity index (χ2n) is 11.0. The molecule has 0 bridgehead atoms. The minimum Gasteiger partial charge on any atom is -0.361 e. The number of nitrogens with one attached hydrogen (secondary N) is 1. The largest absolute Gasteiger partial charge is 0.416 e. The molecule has 224 valence electrons. The zero-order chi connectivity index (χ0) is 30.8. The maximum absolute atomic E-state index is 13.9. The van der Waals surface area contributed by atoms with E-state index in [-0.39, 0.29) is 18.0 Å². The molecule has 0 saturated carbocycles. The van der Waals surface area contributed by atoms with Crippen LogP contribution in [0.25, 0.3) is 10.9 Å². The molecule has 42 heavy (non-hydrogen) atoms. The zero-order valence-electron chi connectivity index (χ0n) is 24.4. The molecule has 1 N–H and O–H groups in total. The summed E-state index contributed by atoms with van der Waals surface area (Å²) in [6.07, 6.45) is -2.12. The monoisotopic (exact) mass is 599 g/mol. The van der Waals surface area contributed by atoms with Crippen LogP contribution in [0, 0.1) is 20.8 Å². The van der Waals surface area contributed by atoms with Crippen LogP contribution in [0.2, 0.25) is 0 Å². The van der Waals surface area contributed by atoms with Crippen molar-refractivity contribution >= 4 is 26.8 Å². The molecule has 0 aliphatic heterocycles. The van der Waals surface area contributed by atoms with Gasteiger partial charge < -0.3 is 9.88 Å². The van der Waals surface area contributed by atoms with Crippen molar-refractivity contribution in [3.63, 3.8) is 0 Å². The van der Waals surface area contributed by atoms with Gasteiger partial charge in [-0.25, -0.2) is 8.42 Å². The Balaban J connectivity index is 1.64. The van der Waals surface area contributed by atoms with Crippen molar-refractivity contribution in [3.8, 4) is 0 Å². The molecule has 6 nitrogen and oxygen atoms in total. The molecule has 0 aliphatic carbocycles. The van der Waals surface area contributed by atoms with E-state index in [0.29, 0.717) is 23.1 Å². The number of rotatable bonds is 10. The zero-order valence-corrected chi connectivity index (χ0v) is 25.2. The van der Waals surface area contributed by atoms with Gasteiger partial charge in [-0.2, -0.15) is 17.5 Å². The third-order valence-electron chi connectivity index (χ3n) is 7.37. The summed E-state index contributed by atoms with van der Waals surface area (Å²) >= 11 is 0. The lowest BCUT2D eigenvalue weighted by molar-refractivity contribution is -0.137. The van der Waals surface area contributed by atoms with Gasteiger partial charge in [0.15, 0.2) is 0 Å². The van der Waals surface area contributed by atoms with Crippen molar-refractivity contribution in [2.75, 3.05) is 13.1 Å². The molecular formula is C32H36F3N3O3S. The van der Waals surface area contributed by atoms with Crippen molar-refractivity contribution in [1.29, 1.82) is 0 Å². The van der Waals surface area contributed by atoms with Crippen LogP contribution < -0.4 is 0 Å². The Morgan fingerprint density at radius 2 is 1.57 bits per heavy atom. The molecule has 0 spiro atoms. The number of aryl methyl sites for hydroxylation is 3. The van der Waals surface area contributed by atoms with Gasteiger partial charge in [0.25, 0.3) is 0 Å². The number of para-hydroxylation sites is 1. The van der Waals surface area contributed by atoms with E-state index in [0.717, 1.165) is 34.2 Å². The lowest BCUT2D eigenvalue weighted by atomic mass is 10.1. The Morgan fingerprint density at radius 3 is 2.17 bits per heavy atom. The predicted molar refractivity (Wildman–Crippen MR) is 159 cm³/mol. The Kier molecular flexibility index (Phi) is 9.18. The van der Waals surface area contributed by atoms with Crippen LogP contribution in [0.5, 0.6) is 0 Å². The molecule has 4 rings (SSSR count). The standard InChI is InChI=1S/C32H36F3N3O3S/c1-21(2)38(42(40,41)31-23(4)16-22(3)17-24(31)5)20-30(39)37(19-25-10-12-27(13-11-25)32(33,34)35)15-14-26-18-36-29-9-7-6-8-28(26)29/h6-13,16-18,21,36H,14-15,19-20H2,1-5H3. The van der Waals surface area contributed by atoms with Crippen molar-refractivity contribution in [2.45, 2.75) is 64.7 Å². The molecule has 0 fully saturated rings. The normalized spacial score (nSPS) is 12.4. The van der Waals surface area contributed by atoms with E-state index < -0.39 is 40.3 Å². The highest BCUT2D eigenvalue weighted by Gasteiger charge is 2.33. The van der Waals surface area contributed by atoms with Gasteiger partial charge in [0.1, 0.15) is 0 Å². The minimum absolute atomic E-state index is 0.0356. The maximum Gasteiger partial charge on any atom is 0.416 e. The topological polar surface area (TPSA) is 73.5 Å². The van der Waals surface area contributed by atoms with Gasteiger partial charge in [0.05, 0.1) is 17.0 Å². The quantitative estimate of drug-likeness (QED) is 0.218. The molecule has 1 heterocycles. The number of sulfonamides is 1. The second-order valence-corrected chi connectivity index (χ2v) is 12.8. The van der Waals surface area contributed by atoms with Gasteiger partial charge in [0, 0.05) is 36.2 Å². The lowest BCUT2D eigenvalue weighted by Gasteiger charge is -2.30. The van der Waals surface area contributed by atoms with Crippen molar-refractivity contribution in [3.05, 3.63) is 100 Å². The Morgan fingerprint density at radius 1 is 0.952 bits per heavy atom. The lowest BCUT2D eigenvalue weighted by Crippen LogP contribution is -2.46. The first-order valence-electron chi connectivity index (χ1n) is 13.8. The fourth-order valence-corrected chi connectivity index (χ4v) is 7.38. The number of aromatic amines is 1. The Labute approximate surface area is 245 Å². The number of H-pyrrole nitrogens is 1. The first kappa shape index (κ1) is 31.3. The molecule has 0 aliphatic rings. The number of halogens is 3. The average Bonchev–Trinajstić information content (AvgIpc) is 3.31. The summed E-state index contributed by atoms with van der Waals surface area (Å²) < 4.78 is 68.4. The smallest absolute Gasteiger partial charge is 0.361 e. The van der Waals surface area contributed by atoms with Crippen molar-refractivity contribution in [1.82, 2.24) is 14.2 Å². The molecule has 1 aromatic heterocycles. The highest BCUT2D eigenvalue weighted by molar-refractivity contribution is 7.89. The predicted octanol–water partition coefficient (Wildman–Crippen LogP) is 6.78. The van der Waals surface area contributed by atoms with Crippen LogP contribution in [0.1, 0.15) is 47.2 Å². The first-order valence-corrected chi connectivity index (χ1v) is 15.2. The van der Waals surface area contributed by atoms with Crippen molar-refractivity contribution < 1.29 is 26.4 Å². The fourth-order valence-electron chi connectivity index (χ4n) is 5.37. The molecular weight excluding hydrogens is 563 g/mol. The van der Waals surface area contributed by atoms with Gasteiger partial charge in [0.2, 0.25) is 15.9 Å². The molecule has 0 atom stereocenters. The number of hydrogen-bond acceptors (Lipinski definition) is 3. The molecule has 0 radical (unpaired) electrons. The van der Waals surface area contributed by atoms with Gasteiger partial charge >= 0.3 is 6.18 Å². The number of amides is 1. The summed E-state index contributed by atoms with van der Waals surface area (Å²) in [6.45, 7) is 8.70. The van der Waals surface area contributed by atoms with E-state index >= 15 is 0 Å². The molecule has 1 amide bonds. The number of aromatic nitrogens is 1. The maximum atomic E-state index is 13.9. The number of hydrogen-bond donors (Lipinski definition) is 1. The molecule has 10 heteroatoms. The summed E-state index contributed by atoms with van der Waals surface area (Å²) in [5.74, 6) is -0.436. The van der Waals surface area contributed by atoms with Crippen LogP contribution in [-0.4, -0.2) is 47.6 Å². The number of benzene rings is 3. The molecule has 0 unspecified atom stereocenters. The third-order valence-corrected chi connectivity index (χ3v) is 9.70. The van der Waals surface area contributed by atoms with E-state index in [1.54, 1.807) is 39.8 Å². The summed E-state index contributed by atoms with van der Waals surface area (Å²) in [7, 11) is -4.03. The highest BCUT2D eigenvalue weighted by atomic mass is 32.2. The average molecular weight is 600 g/mol. The minimum atomic E-state index is -4.47. The fraction of sp³-hybridized carbons (Fsp3) is 0.344. The number of carbonyl (C=O) groups excluding carboxylic acids is 1. The number of carbonyl (C=O) groups is 1. The molecule has 4 aromatic rings. The van der Waals surface area contributed by atoms with Crippen LogP contribution in [0.4, 0.5) is 13.2 Å². The van der Waals surface area contributed by atoms with Crippen LogP contribution in [-0.2, 0) is 34.0 Å². The third kappa shape index (κ3) is 6.87. The van der Waals surface area contributed by atoms with Crippen LogP contribution in [0.3, 0.4) is 0 Å². The SMILES string of the molecule is Cc1cc(C)c(S(=O)(=O)N(CC(=O)N(CCc2c[nH]c3ccccc23)Cc2ccc(C(F)(F)F)cc2)C(C)C)c(C)c1. The Hall–Kier alpha value is -3.63. The number of alkyl halides is 3. The highest BCUT2D eigenvalue weighted by Crippen LogP contribution is 2.30. The van der Waals surface area contributed by atoms with Crippen LogP contribution >= 0.6 is 0 Å². The first-order chi connectivity index (χ1) is 19.7. The number of fused-ring (bicyclic) bond motifs is 1. The van der Waals surface area contributed by atoms with Gasteiger partial charge in [-0.05, 0) is 81.5 Å². The van der Waals surface area contributed by atoms with E-state index in [1.165, 1.54) is 21.3 Å². The molecule has 3 aromatic carbocycles. The van der Waals surface area contributed by atoms with Gasteiger partial charge in [-0.3, -0.25) is 4.79 Å². The summed E-state index contributed by atoms with van der Waals surface area (Å²) in [4.78, 5) is 18.8. The summed E-state index contributed by atoms with van der Waals surface area (Å²) in [5, 5.41) is 1.01. The van der Waals surface area contributed by atoms with Crippen LogP contribution in [0.15, 0.2) is 71.8 Å². The second kappa shape index (κ2) is 12.3. The summed E-state index contributed by atoms with van der Waals surface area (Å²) in [6, 6.07) is 15.5. The Bertz CT molecular complexity index is 1650.